The van der Waals surface area contributed by atoms with Gasteiger partial charge in [0, 0.05) is 55.1 Å². The van der Waals surface area contributed by atoms with E-state index >= 15 is 0 Å². The van der Waals surface area contributed by atoms with Gasteiger partial charge in [0.15, 0.2) is 0 Å². The van der Waals surface area contributed by atoms with Crippen LogP contribution in [0.2, 0.25) is 0 Å². The summed E-state index contributed by atoms with van der Waals surface area (Å²) in [6.45, 7) is 6.62. The van der Waals surface area contributed by atoms with Gasteiger partial charge < -0.3 is 19.4 Å². The first-order valence-corrected chi connectivity index (χ1v) is 12.1. The number of imidazole rings is 1. The predicted molar refractivity (Wildman–Crippen MR) is 129 cm³/mol. The third-order valence-corrected chi connectivity index (χ3v) is 6.65. The van der Waals surface area contributed by atoms with Crippen LogP contribution in [-0.4, -0.2) is 45.7 Å². The van der Waals surface area contributed by atoms with Crippen molar-refractivity contribution >= 4 is 11.7 Å². The summed E-state index contributed by atoms with van der Waals surface area (Å²) in [6, 6.07) is 6.91. The van der Waals surface area contributed by atoms with Gasteiger partial charge >= 0.3 is 12.2 Å². The lowest BCUT2D eigenvalue weighted by Gasteiger charge is -2.31. The first-order chi connectivity index (χ1) is 16.7. The Morgan fingerprint density at radius 1 is 1.29 bits per heavy atom. The van der Waals surface area contributed by atoms with E-state index in [1.54, 1.807) is 18.0 Å². The average Bonchev–Trinajstić information content (AvgIpc) is 3.49. The molecule has 0 saturated carbocycles. The van der Waals surface area contributed by atoms with Crippen molar-refractivity contribution in [1.82, 2.24) is 19.6 Å². The van der Waals surface area contributed by atoms with Crippen LogP contribution in [0.15, 0.2) is 42.9 Å². The highest BCUT2D eigenvalue weighted by Crippen LogP contribution is 2.40. The standard InChI is InChI=1S/C26H31F3N4O2/c1-4-21(8-10-26(27,28)29)31-25(34)33(5-2)17(3)20-14-18-9-13-35-24(18)22(15-20)19-6-7-23-30-11-12-32(23)16-19/h6-7,11-12,14-17,21H,4-5,8-10,13H2,1-3H3,(H,31,34)/t17-,21-/m1/s1. The summed E-state index contributed by atoms with van der Waals surface area (Å²) in [4.78, 5) is 19.1. The Balaban J connectivity index is 1.59. The molecule has 188 valence electrons. The quantitative estimate of drug-likeness (QED) is 0.414. The summed E-state index contributed by atoms with van der Waals surface area (Å²) in [6.07, 6.45) is 1.57. The first-order valence-electron chi connectivity index (χ1n) is 12.1. The Morgan fingerprint density at radius 2 is 2.09 bits per heavy atom. The average molecular weight is 489 g/mol. The molecule has 1 aliphatic rings. The molecule has 0 unspecified atom stereocenters. The molecule has 2 atom stereocenters. The maximum absolute atomic E-state index is 13.1. The summed E-state index contributed by atoms with van der Waals surface area (Å²) in [5.74, 6) is 0.853. The number of pyridine rings is 1. The fraction of sp³-hybridized carbons (Fsp3) is 0.462. The zero-order valence-electron chi connectivity index (χ0n) is 20.2. The van der Waals surface area contributed by atoms with E-state index < -0.39 is 18.6 Å². The van der Waals surface area contributed by atoms with E-state index in [4.69, 9.17) is 4.74 Å². The van der Waals surface area contributed by atoms with Gasteiger partial charge in [-0.2, -0.15) is 13.2 Å². The molecule has 2 amide bonds. The molecule has 1 aromatic carbocycles. The van der Waals surface area contributed by atoms with Crippen LogP contribution in [0, 0.1) is 0 Å². The lowest BCUT2D eigenvalue weighted by Crippen LogP contribution is -2.45. The topological polar surface area (TPSA) is 58.9 Å². The second-order valence-electron chi connectivity index (χ2n) is 8.94. The van der Waals surface area contributed by atoms with Crippen molar-refractivity contribution in [3.8, 4) is 16.9 Å². The van der Waals surface area contributed by atoms with Crippen LogP contribution >= 0.6 is 0 Å². The van der Waals surface area contributed by atoms with E-state index in [9.17, 15) is 18.0 Å². The highest BCUT2D eigenvalue weighted by Gasteiger charge is 2.30. The van der Waals surface area contributed by atoms with Crippen LogP contribution in [0.25, 0.3) is 16.8 Å². The minimum Gasteiger partial charge on any atom is -0.492 e. The Kier molecular flexibility index (Phi) is 7.23. The number of aromatic nitrogens is 2. The molecular weight excluding hydrogens is 457 g/mol. The second kappa shape index (κ2) is 10.2. The number of hydrogen-bond donors (Lipinski definition) is 1. The highest BCUT2D eigenvalue weighted by molar-refractivity contribution is 5.77. The molecule has 0 bridgehead atoms. The Hall–Kier alpha value is -3.23. The van der Waals surface area contributed by atoms with Crippen LogP contribution in [-0.2, 0) is 6.42 Å². The molecule has 1 aliphatic heterocycles. The SMILES string of the molecule is CC[C@H](CCC(F)(F)F)NC(=O)N(CC)[C@H](C)c1cc2c(c(-c3ccc4nccn4c3)c1)OCC2. The fourth-order valence-electron chi connectivity index (χ4n) is 4.61. The van der Waals surface area contributed by atoms with Crippen LogP contribution in [0.4, 0.5) is 18.0 Å². The number of fused-ring (bicyclic) bond motifs is 2. The van der Waals surface area contributed by atoms with Gasteiger partial charge in [-0.3, -0.25) is 0 Å². The van der Waals surface area contributed by atoms with Crippen molar-refractivity contribution in [3.63, 3.8) is 0 Å². The van der Waals surface area contributed by atoms with E-state index in [0.29, 0.717) is 19.6 Å². The summed E-state index contributed by atoms with van der Waals surface area (Å²) in [5.41, 5.74) is 4.82. The van der Waals surface area contributed by atoms with Gasteiger partial charge in [0.25, 0.3) is 0 Å². The minimum absolute atomic E-state index is 0.130. The molecule has 0 fully saturated rings. The Bertz CT molecular complexity index is 1190. The van der Waals surface area contributed by atoms with Crippen molar-refractivity contribution in [2.45, 2.75) is 64.7 Å². The van der Waals surface area contributed by atoms with Gasteiger partial charge in [0.2, 0.25) is 0 Å². The van der Waals surface area contributed by atoms with Crippen molar-refractivity contribution in [2.75, 3.05) is 13.2 Å². The van der Waals surface area contributed by atoms with Crippen molar-refractivity contribution in [1.29, 1.82) is 0 Å². The Labute approximate surface area is 203 Å². The summed E-state index contributed by atoms with van der Waals surface area (Å²) in [7, 11) is 0. The van der Waals surface area contributed by atoms with Gasteiger partial charge in [0.1, 0.15) is 11.4 Å². The molecular formula is C26H31F3N4O2. The zero-order chi connectivity index (χ0) is 25.2. The molecule has 3 heterocycles. The molecule has 2 aromatic heterocycles. The third kappa shape index (κ3) is 5.55. The number of carbonyl (C=O) groups is 1. The number of alkyl halides is 3. The first kappa shape index (κ1) is 24.9. The monoisotopic (exact) mass is 488 g/mol. The molecule has 0 spiro atoms. The number of urea groups is 1. The number of rotatable bonds is 8. The van der Waals surface area contributed by atoms with E-state index in [1.807, 2.05) is 48.8 Å². The second-order valence-corrected chi connectivity index (χ2v) is 8.94. The van der Waals surface area contributed by atoms with Crippen LogP contribution < -0.4 is 10.1 Å². The lowest BCUT2D eigenvalue weighted by atomic mass is 9.95. The van der Waals surface area contributed by atoms with Crippen molar-refractivity contribution < 1.29 is 22.7 Å². The Morgan fingerprint density at radius 3 is 2.80 bits per heavy atom. The highest BCUT2D eigenvalue weighted by atomic mass is 19.4. The van der Waals surface area contributed by atoms with E-state index in [2.05, 4.69) is 16.4 Å². The molecule has 35 heavy (non-hydrogen) atoms. The molecule has 4 rings (SSSR count). The number of carbonyl (C=O) groups excluding carboxylic acids is 1. The number of nitrogens with zero attached hydrogens (tertiary/aromatic N) is 3. The van der Waals surface area contributed by atoms with Gasteiger partial charge in [-0.05, 0) is 62.1 Å². The molecule has 1 N–H and O–H groups in total. The maximum atomic E-state index is 13.1. The molecule has 0 aliphatic carbocycles. The summed E-state index contributed by atoms with van der Waals surface area (Å²) >= 11 is 0. The molecule has 3 aromatic rings. The molecule has 0 saturated heterocycles. The summed E-state index contributed by atoms with van der Waals surface area (Å²) < 4.78 is 45.9. The number of benzene rings is 1. The minimum atomic E-state index is -4.24. The fourth-order valence-corrected chi connectivity index (χ4v) is 4.61. The van der Waals surface area contributed by atoms with Crippen LogP contribution in [0.3, 0.4) is 0 Å². The van der Waals surface area contributed by atoms with Gasteiger partial charge in [-0.15, -0.1) is 0 Å². The lowest BCUT2D eigenvalue weighted by molar-refractivity contribution is -0.136. The number of halogens is 3. The predicted octanol–water partition coefficient (Wildman–Crippen LogP) is 6.15. The molecule has 6 nitrogen and oxygen atoms in total. The van der Waals surface area contributed by atoms with Crippen LogP contribution in [0.1, 0.15) is 57.2 Å². The van der Waals surface area contributed by atoms with Gasteiger partial charge in [0.05, 0.1) is 12.6 Å². The van der Waals surface area contributed by atoms with Crippen molar-refractivity contribution in [3.05, 3.63) is 54.0 Å². The van der Waals surface area contributed by atoms with E-state index in [1.165, 1.54) is 0 Å². The molecule has 9 heteroatoms. The van der Waals surface area contributed by atoms with Crippen molar-refractivity contribution in [2.24, 2.45) is 0 Å². The number of amides is 2. The summed E-state index contributed by atoms with van der Waals surface area (Å²) in [5, 5.41) is 2.81. The number of nitrogens with one attached hydrogen (secondary N) is 1. The van der Waals surface area contributed by atoms with Gasteiger partial charge in [-0.25, -0.2) is 9.78 Å². The smallest absolute Gasteiger partial charge is 0.389 e. The zero-order valence-corrected chi connectivity index (χ0v) is 20.2. The maximum Gasteiger partial charge on any atom is 0.389 e. The van der Waals surface area contributed by atoms with E-state index in [0.717, 1.165) is 40.1 Å². The molecule has 0 radical (unpaired) electrons. The third-order valence-electron chi connectivity index (χ3n) is 6.65. The normalized spacial score (nSPS) is 14.9. The van der Waals surface area contributed by atoms with E-state index in [-0.39, 0.29) is 18.5 Å². The number of ether oxygens (including phenoxy) is 1. The number of hydrogen-bond acceptors (Lipinski definition) is 3. The van der Waals surface area contributed by atoms with Gasteiger partial charge in [-0.1, -0.05) is 6.92 Å². The van der Waals surface area contributed by atoms with Crippen LogP contribution in [0.5, 0.6) is 5.75 Å². The largest absolute Gasteiger partial charge is 0.492 e.